The summed E-state index contributed by atoms with van der Waals surface area (Å²) in [6.45, 7) is 1.02. The first-order valence-electron chi connectivity index (χ1n) is 4.90. The molecule has 0 aliphatic carbocycles. The molecule has 1 aromatic rings. The van der Waals surface area contributed by atoms with Gasteiger partial charge in [0.15, 0.2) is 6.04 Å². The Labute approximate surface area is 97.5 Å². The number of carboxylic acid groups (broad SMARTS) is 1. The summed E-state index contributed by atoms with van der Waals surface area (Å²) in [5.74, 6) is -2.32. The van der Waals surface area contributed by atoms with Gasteiger partial charge in [0, 0.05) is 0 Å². The van der Waals surface area contributed by atoms with Crippen LogP contribution in [0.5, 0.6) is 5.75 Å². The molecule has 6 nitrogen and oxygen atoms in total. The number of amides is 1. The van der Waals surface area contributed by atoms with Crippen molar-refractivity contribution in [2.45, 2.75) is 13.0 Å². The van der Waals surface area contributed by atoms with Crippen molar-refractivity contribution >= 4 is 11.9 Å². The minimum atomic E-state index is -1.39. The Hall–Kier alpha value is -2.08. The standard InChI is InChI=1S/C11H13NO5/c1-6-2-3-9(14)7(4-6)10(15)12-8(5-13)11(16)17/h2-4,8,13-14H,5H2,1H3,(H,12,15)(H,16,17). The van der Waals surface area contributed by atoms with E-state index in [1.165, 1.54) is 12.1 Å². The molecular formula is C11H13NO5. The summed E-state index contributed by atoms with van der Waals surface area (Å²) in [7, 11) is 0. The second kappa shape index (κ2) is 5.31. The first-order valence-corrected chi connectivity index (χ1v) is 4.90. The highest BCUT2D eigenvalue weighted by Gasteiger charge is 2.21. The van der Waals surface area contributed by atoms with Crippen molar-refractivity contribution in [3.8, 4) is 5.75 Å². The van der Waals surface area contributed by atoms with Gasteiger partial charge in [-0.1, -0.05) is 11.6 Å². The van der Waals surface area contributed by atoms with Gasteiger partial charge in [-0.15, -0.1) is 0 Å². The van der Waals surface area contributed by atoms with Crippen LogP contribution in [-0.4, -0.2) is 39.8 Å². The number of carbonyl (C=O) groups excluding carboxylic acids is 1. The van der Waals surface area contributed by atoms with E-state index in [4.69, 9.17) is 10.2 Å². The zero-order valence-corrected chi connectivity index (χ0v) is 9.17. The van der Waals surface area contributed by atoms with Crippen molar-refractivity contribution in [2.75, 3.05) is 6.61 Å². The number of carboxylic acids is 1. The van der Waals surface area contributed by atoms with E-state index >= 15 is 0 Å². The van der Waals surface area contributed by atoms with Gasteiger partial charge in [0.05, 0.1) is 12.2 Å². The predicted molar refractivity (Wildman–Crippen MR) is 58.8 cm³/mol. The molecule has 0 heterocycles. The molecular weight excluding hydrogens is 226 g/mol. The van der Waals surface area contributed by atoms with Crippen LogP contribution in [0.15, 0.2) is 18.2 Å². The molecule has 0 radical (unpaired) electrons. The van der Waals surface area contributed by atoms with Gasteiger partial charge in [0.2, 0.25) is 0 Å². The van der Waals surface area contributed by atoms with Crippen LogP contribution in [-0.2, 0) is 4.79 Å². The number of carbonyl (C=O) groups is 2. The third-order valence-corrected chi connectivity index (χ3v) is 2.18. The van der Waals surface area contributed by atoms with Crippen molar-refractivity contribution < 1.29 is 24.9 Å². The van der Waals surface area contributed by atoms with Gasteiger partial charge in [-0.2, -0.15) is 0 Å². The molecule has 1 unspecified atom stereocenters. The van der Waals surface area contributed by atoms with Crippen molar-refractivity contribution in [2.24, 2.45) is 0 Å². The average Bonchev–Trinajstić information content (AvgIpc) is 2.28. The minimum Gasteiger partial charge on any atom is -0.507 e. The number of aliphatic hydroxyl groups is 1. The number of hydrogen-bond acceptors (Lipinski definition) is 4. The molecule has 0 bridgehead atoms. The third kappa shape index (κ3) is 3.18. The van der Waals surface area contributed by atoms with Gasteiger partial charge in [-0.05, 0) is 19.1 Å². The molecule has 0 saturated carbocycles. The van der Waals surface area contributed by atoms with E-state index in [2.05, 4.69) is 5.32 Å². The van der Waals surface area contributed by atoms with E-state index in [-0.39, 0.29) is 11.3 Å². The number of aromatic hydroxyl groups is 1. The number of hydrogen-bond donors (Lipinski definition) is 4. The quantitative estimate of drug-likeness (QED) is 0.585. The van der Waals surface area contributed by atoms with Crippen LogP contribution < -0.4 is 5.32 Å². The molecule has 6 heteroatoms. The fourth-order valence-electron chi connectivity index (χ4n) is 1.25. The van der Waals surface area contributed by atoms with E-state index in [1.54, 1.807) is 13.0 Å². The number of aliphatic hydroxyl groups excluding tert-OH is 1. The molecule has 1 rings (SSSR count). The SMILES string of the molecule is Cc1ccc(O)c(C(=O)NC(CO)C(=O)O)c1. The summed E-state index contributed by atoms with van der Waals surface area (Å²) in [5.41, 5.74) is 0.730. The van der Waals surface area contributed by atoms with Crippen LogP contribution in [0, 0.1) is 6.92 Å². The Bertz CT molecular complexity index is 443. The maximum Gasteiger partial charge on any atom is 0.328 e. The van der Waals surface area contributed by atoms with Gasteiger partial charge >= 0.3 is 5.97 Å². The van der Waals surface area contributed by atoms with Crippen molar-refractivity contribution in [1.29, 1.82) is 0 Å². The summed E-state index contributed by atoms with van der Waals surface area (Å²) in [5, 5.41) is 29.0. The highest BCUT2D eigenvalue weighted by Crippen LogP contribution is 2.17. The largest absolute Gasteiger partial charge is 0.507 e. The number of benzene rings is 1. The lowest BCUT2D eigenvalue weighted by atomic mass is 10.1. The summed E-state index contributed by atoms with van der Waals surface area (Å²) in [4.78, 5) is 22.3. The molecule has 92 valence electrons. The number of aryl methyl sites for hydroxylation is 1. The van der Waals surface area contributed by atoms with E-state index in [0.29, 0.717) is 0 Å². The fraction of sp³-hybridized carbons (Fsp3) is 0.273. The van der Waals surface area contributed by atoms with E-state index in [0.717, 1.165) is 5.56 Å². The highest BCUT2D eigenvalue weighted by molar-refractivity contribution is 5.99. The molecule has 0 spiro atoms. The van der Waals surface area contributed by atoms with E-state index in [1.807, 2.05) is 0 Å². The molecule has 0 saturated heterocycles. The zero-order valence-electron chi connectivity index (χ0n) is 9.17. The normalized spacial score (nSPS) is 11.9. The smallest absolute Gasteiger partial charge is 0.328 e. The van der Waals surface area contributed by atoms with Gasteiger partial charge in [0.25, 0.3) is 5.91 Å². The summed E-state index contributed by atoms with van der Waals surface area (Å²) in [6, 6.07) is 3.01. The lowest BCUT2D eigenvalue weighted by molar-refractivity contribution is -0.140. The molecule has 0 aliphatic rings. The Balaban J connectivity index is 2.89. The van der Waals surface area contributed by atoms with Gasteiger partial charge < -0.3 is 20.6 Å². The van der Waals surface area contributed by atoms with E-state index in [9.17, 15) is 14.7 Å². The second-order valence-electron chi connectivity index (χ2n) is 3.57. The molecule has 4 N–H and O–H groups in total. The number of nitrogens with one attached hydrogen (secondary N) is 1. The second-order valence-corrected chi connectivity index (χ2v) is 3.57. The van der Waals surface area contributed by atoms with Crippen LogP contribution in [0.4, 0.5) is 0 Å². The molecule has 1 atom stereocenters. The van der Waals surface area contributed by atoms with Crippen LogP contribution >= 0.6 is 0 Å². The number of phenols is 1. The summed E-state index contributed by atoms with van der Waals surface area (Å²) >= 11 is 0. The van der Waals surface area contributed by atoms with E-state index < -0.39 is 24.5 Å². The number of rotatable bonds is 4. The molecule has 0 aliphatic heterocycles. The third-order valence-electron chi connectivity index (χ3n) is 2.18. The van der Waals surface area contributed by atoms with Crippen molar-refractivity contribution in [1.82, 2.24) is 5.32 Å². The van der Waals surface area contributed by atoms with Gasteiger partial charge in [-0.25, -0.2) is 4.79 Å². The lowest BCUT2D eigenvalue weighted by Gasteiger charge is -2.12. The fourth-order valence-corrected chi connectivity index (χ4v) is 1.25. The zero-order chi connectivity index (χ0) is 13.0. The molecule has 17 heavy (non-hydrogen) atoms. The van der Waals surface area contributed by atoms with Crippen molar-refractivity contribution in [3.63, 3.8) is 0 Å². The predicted octanol–water partition coefficient (Wildman–Crippen LogP) is -0.124. The first-order chi connectivity index (χ1) is 7.95. The highest BCUT2D eigenvalue weighted by atomic mass is 16.4. The topological polar surface area (TPSA) is 107 Å². The first kappa shape index (κ1) is 13.0. The van der Waals surface area contributed by atoms with Crippen LogP contribution in [0.25, 0.3) is 0 Å². The summed E-state index contributed by atoms with van der Waals surface area (Å²) < 4.78 is 0. The maximum absolute atomic E-state index is 11.6. The van der Waals surface area contributed by atoms with Crippen LogP contribution in [0.2, 0.25) is 0 Å². The average molecular weight is 239 g/mol. The Morgan fingerprint density at radius 1 is 1.41 bits per heavy atom. The number of phenolic OH excluding ortho intramolecular Hbond substituents is 1. The molecule has 1 aromatic carbocycles. The Morgan fingerprint density at radius 3 is 2.59 bits per heavy atom. The Morgan fingerprint density at radius 2 is 2.06 bits per heavy atom. The lowest BCUT2D eigenvalue weighted by Crippen LogP contribution is -2.43. The van der Waals surface area contributed by atoms with Crippen molar-refractivity contribution in [3.05, 3.63) is 29.3 Å². The minimum absolute atomic E-state index is 0.0234. The van der Waals surface area contributed by atoms with Crippen LogP contribution in [0.3, 0.4) is 0 Å². The molecule has 0 aromatic heterocycles. The van der Waals surface area contributed by atoms with Gasteiger partial charge in [0.1, 0.15) is 5.75 Å². The summed E-state index contributed by atoms with van der Waals surface area (Å²) in [6.07, 6.45) is 0. The molecule has 1 amide bonds. The number of aliphatic carboxylic acids is 1. The van der Waals surface area contributed by atoms with Gasteiger partial charge in [-0.3, -0.25) is 4.79 Å². The monoisotopic (exact) mass is 239 g/mol. The Kier molecular flexibility index (Phi) is 4.06. The molecule has 0 fully saturated rings. The maximum atomic E-state index is 11.6. The van der Waals surface area contributed by atoms with Crippen LogP contribution in [0.1, 0.15) is 15.9 Å².